The van der Waals surface area contributed by atoms with Crippen LogP contribution >= 0.6 is 0 Å². The van der Waals surface area contributed by atoms with Crippen LogP contribution in [0.1, 0.15) is 245 Å². The van der Waals surface area contributed by atoms with Crippen LogP contribution in [0.3, 0.4) is 0 Å². The molecule has 33 heteroatoms. The predicted molar refractivity (Wildman–Crippen MR) is 515 cm³/mol. The van der Waals surface area contributed by atoms with Gasteiger partial charge in [-0.05, 0) is 179 Å². The van der Waals surface area contributed by atoms with Gasteiger partial charge in [0.05, 0.1) is 50.3 Å². The molecule has 0 spiro atoms. The zero-order valence-corrected chi connectivity index (χ0v) is 81.7. The molecule has 0 fully saturated rings. The molecule has 4 heterocycles. The van der Waals surface area contributed by atoms with Gasteiger partial charge in [-0.3, -0.25) is 27.9 Å². The number of nitrogens with two attached hydrogens (primary N) is 2. The summed E-state index contributed by atoms with van der Waals surface area (Å²) in [5, 5.41) is 29.5. The monoisotopic (exact) mass is 1820 g/mol. The lowest BCUT2D eigenvalue weighted by Crippen LogP contribution is -2.41. The van der Waals surface area contributed by atoms with E-state index in [1.54, 1.807) is 72.1 Å². The summed E-state index contributed by atoms with van der Waals surface area (Å²) in [6, 6.07) is 53.1. The van der Waals surface area contributed by atoms with E-state index in [2.05, 4.69) is 69.4 Å². The summed E-state index contributed by atoms with van der Waals surface area (Å²) in [5.74, 6) is 2.71. The number of alkyl carbamates (subject to hydrolysis) is 3. The first kappa shape index (κ1) is 108. The fourth-order valence-corrected chi connectivity index (χ4v) is 14.1. The van der Waals surface area contributed by atoms with Crippen molar-refractivity contribution >= 4 is 36.4 Å². The molecular weight excluding hydrogens is 1680 g/mol. The summed E-state index contributed by atoms with van der Waals surface area (Å²) >= 11 is 0. The number of carbonyl (C=O) groups excluding carboxylic acids is 6. The minimum Gasteiger partial charge on any atom is -0.444 e. The SMILES string of the molecule is CC(C)(C)OC(=O)NCCC=O.CC(C)C(N)c1nn(C)c(=O)n1Cc1ccccc1.CC(C)C(NCCCNC(=O)OC(C)(C)C)c1nn(C)c(=O)n1Cc1ccccc1.Cc1ccc(C(=O)N(CCCN)C(c2nn(C)c(=O)n2Cc2ccccc2)C(C)C)cc1.Cc1ccc(C(=O)N(CCCNC(=O)OC(C)(C)C)C(c2nn(C)c(=O)n2Cc2ccccc2)C(C)C)cc1. The summed E-state index contributed by atoms with van der Waals surface area (Å²) in [4.78, 5) is 127. The molecule has 0 bridgehead atoms. The van der Waals surface area contributed by atoms with Crippen LogP contribution < -0.4 is 55.5 Å². The van der Waals surface area contributed by atoms with E-state index in [0.29, 0.717) is 120 Å². The molecule has 33 nitrogen and oxygen atoms in total. The Morgan fingerprint density at radius 3 is 0.992 bits per heavy atom. The van der Waals surface area contributed by atoms with Crippen molar-refractivity contribution in [3.05, 3.63) is 280 Å². The zero-order chi connectivity index (χ0) is 97.9. The number of ether oxygens (including phenoxy) is 3. The van der Waals surface area contributed by atoms with Crippen LogP contribution in [0.4, 0.5) is 14.4 Å². The number of hydrogen-bond acceptors (Lipinski definition) is 20. The second-order valence-electron chi connectivity index (χ2n) is 37.0. The Balaban J connectivity index is 0.000000265. The van der Waals surface area contributed by atoms with Gasteiger partial charge < -0.3 is 61.5 Å². The molecule has 0 saturated carbocycles. The molecule has 718 valence electrons. The maximum Gasteiger partial charge on any atom is 0.407 e. The first-order chi connectivity index (χ1) is 62.2. The molecule has 6 aromatic carbocycles. The van der Waals surface area contributed by atoms with Crippen LogP contribution in [0.2, 0.25) is 0 Å². The topological polar surface area (TPSA) is 396 Å². The average Bonchev–Trinajstić information content (AvgIpc) is 1.62. The van der Waals surface area contributed by atoms with E-state index in [4.69, 9.17) is 25.7 Å². The second kappa shape index (κ2) is 51.8. The van der Waals surface area contributed by atoms with Crippen LogP contribution in [0, 0.1) is 37.5 Å². The summed E-state index contributed by atoms with van der Waals surface area (Å²) in [7, 11) is 6.61. The van der Waals surface area contributed by atoms with E-state index >= 15 is 0 Å². The lowest BCUT2D eigenvalue weighted by atomic mass is 9.99. The second-order valence-corrected chi connectivity index (χ2v) is 37.0. The Morgan fingerprint density at radius 1 is 0.394 bits per heavy atom. The van der Waals surface area contributed by atoms with Gasteiger partial charge in [0.2, 0.25) is 0 Å². The predicted octanol–water partition coefficient (Wildman–Crippen LogP) is 13.0. The van der Waals surface area contributed by atoms with Gasteiger partial charge in [0, 0.05) is 78.5 Å². The molecule has 4 aromatic heterocycles. The van der Waals surface area contributed by atoms with E-state index in [0.717, 1.165) is 51.9 Å². The van der Waals surface area contributed by atoms with Gasteiger partial charge in [-0.15, -0.1) is 0 Å². The summed E-state index contributed by atoms with van der Waals surface area (Å²) < 4.78 is 27.6. The van der Waals surface area contributed by atoms with E-state index in [-0.39, 0.29) is 76.4 Å². The fourth-order valence-electron chi connectivity index (χ4n) is 14.1. The molecule has 132 heavy (non-hydrogen) atoms. The van der Waals surface area contributed by atoms with Crippen molar-refractivity contribution in [1.82, 2.24) is 88.5 Å². The van der Waals surface area contributed by atoms with Gasteiger partial charge in [-0.25, -0.2) is 52.3 Å². The molecule has 10 rings (SSSR count). The third kappa shape index (κ3) is 34.6. The molecule has 8 N–H and O–H groups in total. The Bertz CT molecular complexity index is 5480. The highest BCUT2D eigenvalue weighted by Gasteiger charge is 2.36. The van der Waals surface area contributed by atoms with Crippen LogP contribution in [0.25, 0.3) is 0 Å². The van der Waals surface area contributed by atoms with Crippen molar-refractivity contribution in [1.29, 1.82) is 0 Å². The molecule has 0 aliphatic rings. The first-order valence-electron chi connectivity index (χ1n) is 45.2. The quantitative estimate of drug-likeness (QED) is 0.0122. The maximum atomic E-state index is 13.9. The molecule has 0 radical (unpaired) electrons. The number of benzene rings is 6. The highest BCUT2D eigenvalue weighted by molar-refractivity contribution is 5.95. The van der Waals surface area contributed by atoms with Crippen molar-refractivity contribution in [2.45, 2.75) is 224 Å². The van der Waals surface area contributed by atoms with E-state index in [1.807, 2.05) is 258 Å². The van der Waals surface area contributed by atoms with E-state index in [9.17, 15) is 47.9 Å². The standard InChI is InChI=1S/C30H41N5O4.C25H33N5O2.C22H35N5O3.C14H20N4O.C8H15NO3/c1-21(2)25(26-32-33(7)29(38)35(26)20-23-12-9-8-10-13-23)34(27(36)24-16-14-22(3)15-17-24)19-11-18-31-28(37)39-30(4,5)6;1-18(2)22(29(16-8-15-26)24(31)21-13-11-19(3)12-14-21)23-27-28(4)25(32)30(23)17-20-9-6-5-7-10-20;1-16(2)18(23-13-10-14-24-20(28)30-22(3,4)5)19-25-26(6)21(29)27(19)15-17-11-8-7-9-12-17;1-10(2)12(15)13-16-17(3)14(19)18(13)9-11-7-5-4-6-8-11;1-8(2,3)12-7(11)9-5-4-6-10/h8-10,12-17,21,25H,11,18-20H2,1-7H3,(H,31,37);5-7,9-14,18,22H,8,15-17,26H2,1-4H3;7-9,11-12,16,18,23H,10,13-15H2,1-6H3,(H,24,28);4-8,10,12H,9,15H2,1-3H3;6H,4-5H2,1-3H3,(H,9,11). The Hall–Kier alpha value is -12.6. The van der Waals surface area contributed by atoms with Gasteiger partial charge in [-0.1, -0.05) is 212 Å². The third-order valence-corrected chi connectivity index (χ3v) is 20.6. The number of aryl methyl sites for hydroxylation is 6. The van der Waals surface area contributed by atoms with Gasteiger partial charge >= 0.3 is 41.0 Å². The van der Waals surface area contributed by atoms with Crippen molar-refractivity contribution in [3.63, 3.8) is 0 Å². The molecule has 0 aliphatic heterocycles. The van der Waals surface area contributed by atoms with Crippen LogP contribution in [-0.2, 0) is 73.4 Å². The normalized spacial score (nSPS) is 12.3. The minimum atomic E-state index is -0.596. The number of aromatic nitrogens is 12. The lowest BCUT2D eigenvalue weighted by Gasteiger charge is -2.34. The number of amides is 5. The Kier molecular flexibility index (Phi) is 42.5. The van der Waals surface area contributed by atoms with Crippen molar-refractivity contribution in [3.8, 4) is 0 Å². The molecule has 0 aliphatic carbocycles. The largest absolute Gasteiger partial charge is 0.444 e. The summed E-state index contributed by atoms with van der Waals surface area (Å²) in [5.41, 5.74) is 17.1. The smallest absolute Gasteiger partial charge is 0.407 e. The van der Waals surface area contributed by atoms with Crippen LogP contribution in [-0.4, -0.2) is 166 Å². The molecular formula is C99H144N20O13. The van der Waals surface area contributed by atoms with Crippen molar-refractivity contribution in [2.24, 2.45) is 63.3 Å². The molecule has 5 amide bonds. The first-order valence-corrected chi connectivity index (χ1v) is 45.2. The zero-order valence-electron chi connectivity index (χ0n) is 81.7. The van der Waals surface area contributed by atoms with E-state index in [1.165, 1.54) is 18.7 Å². The van der Waals surface area contributed by atoms with Crippen LogP contribution in [0.15, 0.2) is 189 Å². The van der Waals surface area contributed by atoms with Gasteiger partial charge in [0.25, 0.3) is 11.8 Å². The average molecular weight is 1820 g/mol. The molecule has 10 aromatic rings. The van der Waals surface area contributed by atoms with Gasteiger partial charge in [0.15, 0.2) is 23.3 Å². The van der Waals surface area contributed by atoms with Crippen molar-refractivity contribution < 1.29 is 43.0 Å². The number of hydrogen-bond donors (Lipinski definition) is 6. The third-order valence-electron chi connectivity index (χ3n) is 20.6. The summed E-state index contributed by atoms with van der Waals surface area (Å²) in [6.45, 7) is 41.5. The Morgan fingerprint density at radius 2 is 0.689 bits per heavy atom. The maximum absolute atomic E-state index is 13.9. The lowest BCUT2D eigenvalue weighted by molar-refractivity contribution is -0.107. The highest BCUT2D eigenvalue weighted by Crippen LogP contribution is 2.32. The van der Waals surface area contributed by atoms with Crippen molar-refractivity contribution in [2.75, 3.05) is 45.8 Å². The minimum absolute atomic E-state index is 0.0403. The number of aldehydes is 1. The van der Waals surface area contributed by atoms with E-state index < -0.39 is 41.1 Å². The number of nitrogens with zero attached hydrogens (tertiary/aromatic N) is 14. The molecule has 0 saturated heterocycles. The molecule has 4 atom stereocenters. The highest BCUT2D eigenvalue weighted by atomic mass is 16.6. The Labute approximate surface area is 777 Å². The van der Waals surface area contributed by atoms with Gasteiger partial charge in [-0.2, -0.15) is 20.4 Å². The fraction of sp³-hybridized carbons (Fsp3) is 0.495. The summed E-state index contributed by atoms with van der Waals surface area (Å²) in [6.07, 6.45) is 1.57. The number of carbonyl (C=O) groups is 6. The van der Waals surface area contributed by atoms with Gasteiger partial charge in [0.1, 0.15) is 23.1 Å². The molecule has 4 unspecified atom stereocenters. The van der Waals surface area contributed by atoms with Crippen LogP contribution in [0.5, 0.6) is 0 Å². The number of rotatable bonds is 35. The number of nitrogens with one attached hydrogen (secondary N) is 4.